The van der Waals surface area contributed by atoms with Gasteiger partial charge in [-0.15, -0.1) is 0 Å². The number of hydrogen-bond donors (Lipinski definition) is 1. The third-order valence-corrected chi connectivity index (χ3v) is 2.24. The SMILES string of the molecule is CC(O)n1c[n+](C)c2ccccc21.[I-]. The lowest BCUT2D eigenvalue weighted by molar-refractivity contribution is -0.646. The first-order valence-electron chi connectivity index (χ1n) is 4.33. The van der Waals surface area contributed by atoms with Gasteiger partial charge < -0.3 is 29.1 Å². The zero-order chi connectivity index (χ0) is 9.42. The molecule has 1 heterocycles. The number of aliphatic hydroxyl groups excluding tert-OH is 1. The first-order valence-corrected chi connectivity index (χ1v) is 4.33. The van der Waals surface area contributed by atoms with Gasteiger partial charge in [0, 0.05) is 6.92 Å². The highest BCUT2D eigenvalue weighted by atomic mass is 127. The predicted octanol–water partition coefficient (Wildman–Crippen LogP) is -2.02. The van der Waals surface area contributed by atoms with Crippen LogP contribution in [0.25, 0.3) is 11.0 Å². The summed E-state index contributed by atoms with van der Waals surface area (Å²) in [4.78, 5) is 0. The number of para-hydroxylation sites is 2. The molecule has 0 radical (unpaired) electrons. The van der Waals surface area contributed by atoms with Gasteiger partial charge in [0.25, 0.3) is 0 Å². The molecule has 2 aromatic rings. The van der Waals surface area contributed by atoms with E-state index in [1.54, 1.807) is 6.92 Å². The Morgan fingerprint density at radius 2 is 2.00 bits per heavy atom. The standard InChI is InChI=1S/C10H13N2O.HI/c1-8(13)12-7-11(2)9-5-3-4-6-10(9)12;/h3-8,13H,1-2H3;1H/q+1;/p-1. The molecule has 0 spiro atoms. The lowest BCUT2D eigenvalue weighted by atomic mass is 10.3. The maximum Gasteiger partial charge on any atom is 0.246 e. The van der Waals surface area contributed by atoms with Crippen molar-refractivity contribution >= 4 is 11.0 Å². The fourth-order valence-corrected chi connectivity index (χ4v) is 1.59. The van der Waals surface area contributed by atoms with Crippen molar-refractivity contribution in [1.82, 2.24) is 4.57 Å². The maximum absolute atomic E-state index is 9.48. The zero-order valence-electron chi connectivity index (χ0n) is 8.18. The van der Waals surface area contributed by atoms with Crippen LogP contribution >= 0.6 is 0 Å². The smallest absolute Gasteiger partial charge is 0.246 e. The van der Waals surface area contributed by atoms with Crippen LogP contribution in [0.4, 0.5) is 0 Å². The summed E-state index contributed by atoms with van der Waals surface area (Å²) in [6, 6.07) is 8.01. The van der Waals surface area contributed by atoms with E-state index >= 15 is 0 Å². The predicted molar refractivity (Wildman–Crippen MR) is 50.0 cm³/mol. The van der Waals surface area contributed by atoms with Crippen LogP contribution in [0, 0.1) is 0 Å². The van der Waals surface area contributed by atoms with Gasteiger partial charge in [0.2, 0.25) is 6.33 Å². The van der Waals surface area contributed by atoms with Crippen molar-refractivity contribution in [3.8, 4) is 0 Å². The molecule has 1 N–H and O–H groups in total. The molecular formula is C10H13IN2O. The normalized spacial score (nSPS) is 12.5. The lowest BCUT2D eigenvalue weighted by Crippen LogP contribution is -3.00. The van der Waals surface area contributed by atoms with Crippen LogP contribution in [0.1, 0.15) is 13.2 Å². The Morgan fingerprint density at radius 1 is 1.36 bits per heavy atom. The summed E-state index contributed by atoms with van der Waals surface area (Å²) in [5, 5.41) is 9.48. The quantitative estimate of drug-likeness (QED) is 0.478. The number of benzene rings is 1. The Balaban J connectivity index is 0.000000980. The van der Waals surface area contributed by atoms with E-state index in [1.165, 1.54) is 0 Å². The molecule has 1 aromatic heterocycles. The van der Waals surface area contributed by atoms with Crippen LogP contribution in [-0.4, -0.2) is 9.67 Å². The number of rotatable bonds is 1. The van der Waals surface area contributed by atoms with E-state index in [0.29, 0.717) is 0 Å². The van der Waals surface area contributed by atoms with Gasteiger partial charge in [-0.2, -0.15) is 0 Å². The van der Waals surface area contributed by atoms with Gasteiger partial charge in [-0.3, -0.25) is 0 Å². The van der Waals surface area contributed by atoms with Crippen molar-refractivity contribution in [3.63, 3.8) is 0 Å². The molecule has 4 heteroatoms. The number of hydrogen-bond acceptors (Lipinski definition) is 1. The number of halogens is 1. The molecular weight excluding hydrogens is 291 g/mol. The van der Waals surface area contributed by atoms with Crippen molar-refractivity contribution in [2.24, 2.45) is 7.05 Å². The molecule has 0 aliphatic carbocycles. The average Bonchev–Trinajstić information content (AvgIpc) is 2.45. The second-order valence-electron chi connectivity index (χ2n) is 3.25. The van der Waals surface area contributed by atoms with Crippen LogP contribution in [0.5, 0.6) is 0 Å². The van der Waals surface area contributed by atoms with Crippen molar-refractivity contribution < 1.29 is 33.7 Å². The van der Waals surface area contributed by atoms with Gasteiger partial charge in [-0.1, -0.05) is 12.1 Å². The Hall–Kier alpha value is -0.620. The van der Waals surface area contributed by atoms with Gasteiger partial charge in [-0.25, -0.2) is 9.13 Å². The number of aliphatic hydroxyl groups is 1. The van der Waals surface area contributed by atoms with Crippen LogP contribution in [-0.2, 0) is 7.05 Å². The third-order valence-electron chi connectivity index (χ3n) is 2.24. The van der Waals surface area contributed by atoms with E-state index in [9.17, 15) is 5.11 Å². The first-order chi connectivity index (χ1) is 6.20. The van der Waals surface area contributed by atoms with E-state index in [2.05, 4.69) is 0 Å². The van der Waals surface area contributed by atoms with Gasteiger partial charge in [0.05, 0.1) is 7.05 Å². The number of imidazole rings is 1. The number of nitrogens with zero attached hydrogens (tertiary/aromatic N) is 2. The summed E-state index contributed by atoms with van der Waals surface area (Å²) in [5.41, 5.74) is 2.18. The third kappa shape index (κ3) is 1.76. The van der Waals surface area contributed by atoms with E-state index < -0.39 is 6.23 Å². The minimum absolute atomic E-state index is 0. The van der Waals surface area contributed by atoms with Gasteiger partial charge in [0.1, 0.15) is 0 Å². The van der Waals surface area contributed by atoms with Crippen molar-refractivity contribution in [2.75, 3.05) is 0 Å². The molecule has 0 bridgehead atoms. The number of fused-ring (bicyclic) bond motifs is 1. The first kappa shape index (κ1) is 11.5. The summed E-state index contributed by atoms with van der Waals surface area (Å²) in [5.74, 6) is 0. The largest absolute Gasteiger partial charge is 1.00 e. The molecule has 0 aliphatic rings. The molecule has 76 valence electrons. The van der Waals surface area contributed by atoms with Gasteiger partial charge >= 0.3 is 0 Å². The Labute approximate surface area is 100.0 Å². The van der Waals surface area contributed by atoms with E-state index in [0.717, 1.165) is 11.0 Å². The fourth-order valence-electron chi connectivity index (χ4n) is 1.59. The number of aromatic nitrogens is 2. The summed E-state index contributed by atoms with van der Waals surface area (Å²) < 4.78 is 3.84. The fraction of sp³-hybridized carbons (Fsp3) is 0.300. The Morgan fingerprint density at radius 3 is 2.64 bits per heavy atom. The molecule has 2 rings (SSSR count). The Kier molecular flexibility index (Phi) is 3.49. The Bertz CT molecular complexity index is 437. The lowest BCUT2D eigenvalue weighted by Gasteiger charge is -1.98. The molecule has 1 atom stereocenters. The van der Waals surface area contributed by atoms with Crippen molar-refractivity contribution in [2.45, 2.75) is 13.2 Å². The van der Waals surface area contributed by atoms with Crippen LogP contribution < -0.4 is 28.5 Å². The second-order valence-corrected chi connectivity index (χ2v) is 3.25. The minimum atomic E-state index is -0.480. The summed E-state index contributed by atoms with van der Waals surface area (Å²) in [7, 11) is 1.97. The average molecular weight is 304 g/mol. The highest BCUT2D eigenvalue weighted by molar-refractivity contribution is 5.71. The van der Waals surface area contributed by atoms with Gasteiger partial charge in [0.15, 0.2) is 17.3 Å². The summed E-state index contributed by atoms with van der Waals surface area (Å²) in [6.07, 6.45) is 1.42. The molecule has 0 saturated heterocycles. The highest BCUT2D eigenvalue weighted by Crippen LogP contribution is 2.13. The summed E-state index contributed by atoms with van der Waals surface area (Å²) >= 11 is 0. The molecule has 0 fully saturated rings. The molecule has 1 aromatic carbocycles. The van der Waals surface area contributed by atoms with Crippen molar-refractivity contribution in [1.29, 1.82) is 0 Å². The van der Waals surface area contributed by atoms with E-state index in [-0.39, 0.29) is 24.0 Å². The van der Waals surface area contributed by atoms with Crippen molar-refractivity contribution in [3.05, 3.63) is 30.6 Å². The molecule has 0 aliphatic heterocycles. The molecule has 3 nitrogen and oxygen atoms in total. The number of aryl methyl sites for hydroxylation is 1. The van der Waals surface area contributed by atoms with E-state index in [4.69, 9.17) is 0 Å². The summed E-state index contributed by atoms with van der Waals surface area (Å²) in [6.45, 7) is 1.76. The maximum atomic E-state index is 9.48. The topological polar surface area (TPSA) is 29.0 Å². The molecule has 0 amide bonds. The van der Waals surface area contributed by atoms with Crippen LogP contribution in [0.2, 0.25) is 0 Å². The van der Waals surface area contributed by atoms with Crippen LogP contribution in [0.3, 0.4) is 0 Å². The monoisotopic (exact) mass is 304 g/mol. The zero-order valence-corrected chi connectivity index (χ0v) is 10.3. The van der Waals surface area contributed by atoms with Crippen LogP contribution in [0.15, 0.2) is 30.6 Å². The molecule has 14 heavy (non-hydrogen) atoms. The van der Waals surface area contributed by atoms with Gasteiger partial charge in [-0.05, 0) is 12.1 Å². The second kappa shape index (κ2) is 4.27. The molecule has 0 saturated carbocycles. The minimum Gasteiger partial charge on any atom is -1.00 e. The van der Waals surface area contributed by atoms with E-state index in [1.807, 2.05) is 46.8 Å². The molecule has 1 unspecified atom stereocenters. The highest BCUT2D eigenvalue weighted by Gasteiger charge is 2.14.